The number of aromatic nitrogens is 3. The Labute approximate surface area is 256 Å². The van der Waals surface area contributed by atoms with E-state index in [9.17, 15) is 26.7 Å². The molecule has 45 heavy (non-hydrogen) atoms. The number of anilines is 2. The van der Waals surface area contributed by atoms with Gasteiger partial charge in [-0.25, -0.2) is 18.2 Å². The summed E-state index contributed by atoms with van der Waals surface area (Å²) < 4.78 is 94.8. The number of rotatable bonds is 7. The van der Waals surface area contributed by atoms with Crippen molar-refractivity contribution in [3.05, 3.63) is 35.4 Å². The molecule has 1 amide bonds. The van der Waals surface area contributed by atoms with E-state index in [0.717, 1.165) is 29.5 Å². The fourth-order valence-corrected chi connectivity index (χ4v) is 6.55. The first-order chi connectivity index (χ1) is 21.3. The number of likely N-dealkylation sites (tertiary alicyclic amines) is 2. The van der Waals surface area contributed by atoms with Crippen LogP contribution in [-0.4, -0.2) is 95.8 Å². The predicted molar refractivity (Wildman–Crippen MR) is 157 cm³/mol. The first-order valence-corrected chi connectivity index (χ1v) is 14.7. The number of benzene rings is 2. The van der Waals surface area contributed by atoms with Gasteiger partial charge in [0, 0.05) is 49.2 Å². The van der Waals surface area contributed by atoms with Crippen LogP contribution in [0.3, 0.4) is 0 Å². The van der Waals surface area contributed by atoms with E-state index >= 15 is 4.39 Å². The van der Waals surface area contributed by atoms with Crippen LogP contribution in [-0.2, 0) is 11.0 Å². The molecule has 4 N–H and O–H groups in total. The second-order valence-corrected chi connectivity index (χ2v) is 12.2. The number of carbonyl (C=O) groups is 1. The van der Waals surface area contributed by atoms with E-state index in [1.165, 1.54) is 9.80 Å². The smallest absolute Gasteiger partial charge is 0.417 e. The average molecular weight is 655 g/mol. The van der Waals surface area contributed by atoms with Crippen molar-refractivity contribution >= 4 is 49.3 Å². The van der Waals surface area contributed by atoms with E-state index in [2.05, 4.69) is 15.0 Å². The molecular formula is C28H28F6N8O2S. The number of hydrogen-bond donors (Lipinski definition) is 2. The number of hydrogen-bond acceptors (Lipinski definition) is 10. The molecular weight excluding hydrogens is 626 g/mol. The zero-order valence-corrected chi connectivity index (χ0v) is 24.9. The summed E-state index contributed by atoms with van der Waals surface area (Å²) in [7, 11) is 3.28. The van der Waals surface area contributed by atoms with Crippen molar-refractivity contribution in [2.75, 3.05) is 57.5 Å². The summed E-state index contributed by atoms with van der Waals surface area (Å²) in [4.78, 5) is 29.3. The average Bonchev–Trinajstić information content (AvgIpc) is 3.51. The minimum absolute atomic E-state index is 0.0560. The van der Waals surface area contributed by atoms with Gasteiger partial charge in [0.1, 0.15) is 29.9 Å². The standard InChI is InChI=1S/C28H28F6N8O2S/c1-40-8-12(29)5-13(40)11-44-27-38-22-16(25(39-27)41(2)14-9-42(10-14)19(43)7-35)6-17(28(32,33)34)20(21(22)31)15-3-4-18(30)24-23(15)37-26(36)45-24/h3-4,6,12-14H,5,7-11,35H2,1-2H3,(H2,36,37)/t12-,13+/m1/s1. The Balaban J connectivity index is 1.53. The highest BCUT2D eigenvalue weighted by Crippen LogP contribution is 2.46. The summed E-state index contributed by atoms with van der Waals surface area (Å²) in [5.41, 5.74) is 7.92. The van der Waals surface area contributed by atoms with Crippen molar-refractivity contribution in [3.8, 4) is 17.1 Å². The van der Waals surface area contributed by atoms with Gasteiger partial charge in [0.15, 0.2) is 10.9 Å². The number of nitrogen functional groups attached to an aromatic ring is 1. The summed E-state index contributed by atoms with van der Waals surface area (Å²) in [6.07, 6.45) is -5.93. The number of thiazole rings is 1. The van der Waals surface area contributed by atoms with Gasteiger partial charge >= 0.3 is 12.2 Å². The predicted octanol–water partition coefficient (Wildman–Crippen LogP) is 3.81. The fraction of sp³-hybridized carbons (Fsp3) is 0.429. The summed E-state index contributed by atoms with van der Waals surface area (Å²) >= 11 is 0.723. The number of alkyl halides is 4. The fourth-order valence-electron chi connectivity index (χ4n) is 5.79. The van der Waals surface area contributed by atoms with Gasteiger partial charge in [0.25, 0.3) is 0 Å². The Morgan fingerprint density at radius 1 is 1.16 bits per heavy atom. The highest BCUT2D eigenvalue weighted by molar-refractivity contribution is 7.22. The zero-order chi connectivity index (χ0) is 32.4. The molecule has 2 fully saturated rings. The number of nitrogens with two attached hydrogens (primary N) is 2. The molecule has 2 aliphatic heterocycles. The topological polar surface area (TPSA) is 127 Å². The van der Waals surface area contributed by atoms with E-state index in [1.54, 1.807) is 19.0 Å². The van der Waals surface area contributed by atoms with Gasteiger partial charge in [-0.2, -0.15) is 23.1 Å². The molecule has 0 saturated carbocycles. The third-order valence-corrected chi connectivity index (χ3v) is 9.18. The molecule has 2 aromatic heterocycles. The number of nitrogens with zero attached hydrogens (tertiary/aromatic N) is 6. The first-order valence-electron chi connectivity index (χ1n) is 13.9. The Morgan fingerprint density at radius 2 is 1.89 bits per heavy atom. The second kappa shape index (κ2) is 11.4. The Hall–Kier alpha value is -3.96. The van der Waals surface area contributed by atoms with Crippen molar-refractivity contribution < 1.29 is 35.9 Å². The van der Waals surface area contributed by atoms with E-state index in [-0.39, 0.29) is 95.3 Å². The normalized spacial score (nSPS) is 19.4. The molecule has 0 spiro atoms. The van der Waals surface area contributed by atoms with Gasteiger partial charge in [0.2, 0.25) is 5.91 Å². The lowest BCUT2D eigenvalue weighted by Gasteiger charge is -2.44. The van der Waals surface area contributed by atoms with Gasteiger partial charge in [-0.1, -0.05) is 11.3 Å². The lowest BCUT2D eigenvalue weighted by atomic mass is 9.95. The SMILES string of the molecule is CN(c1nc(OC[C@@H]2C[C@@H](F)CN2C)nc2c(F)c(-c3ccc(F)c4sc(N)nc34)c(C(F)(F)F)cc12)C1CN(C(=O)CN)C1. The Morgan fingerprint density at radius 3 is 2.53 bits per heavy atom. The molecule has 4 heterocycles. The van der Waals surface area contributed by atoms with E-state index < -0.39 is 40.6 Å². The Bertz CT molecular complexity index is 1800. The van der Waals surface area contributed by atoms with Crippen LogP contribution in [0.4, 0.5) is 37.3 Å². The Kier molecular flexibility index (Phi) is 7.89. The molecule has 0 unspecified atom stereocenters. The van der Waals surface area contributed by atoms with Crippen molar-refractivity contribution in [1.82, 2.24) is 24.8 Å². The molecule has 10 nitrogen and oxygen atoms in total. The van der Waals surface area contributed by atoms with E-state index in [0.29, 0.717) is 0 Å². The number of carbonyl (C=O) groups excluding carboxylic acids is 1. The number of amides is 1. The van der Waals surface area contributed by atoms with E-state index in [1.807, 2.05) is 0 Å². The van der Waals surface area contributed by atoms with Crippen LogP contribution >= 0.6 is 11.3 Å². The van der Waals surface area contributed by atoms with Crippen LogP contribution < -0.4 is 21.1 Å². The molecule has 4 aromatic rings. The first kappa shape index (κ1) is 31.0. The summed E-state index contributed by atoms with van der Waals surface area (Å²) in [6.45, 7) is 0.366. The third-order valence-electron chi connectivity index (χ3n) is 8.29. The molecule has 240 valence electrons. The van der Waals surface area contributed by atoms with Gasteiger partial charge < -0.3 is 26.0 Å². The number of fused-ring (bicyclic) bond motifs is 2. The maximum atomic E-state index is 16.6. The largest absolute Gasteiger partial charge is 0.462 e. The summed E-state index contributed by atoms with van der Waals surface area (Å²) in [6, 6.07) is 1.64. The maximum absolute atomic E-state index is 16.6. The maximum Gasteiger partial charge on any atom is 0.417 e. The minimum atomic E-state index is -5.06. The molecule has 2 aromatic carbocycles. The third kappa shape index (κ3) is 5.56. The van der Waals surface area contributed by atoms with Crippen LogP contribution in [0.2, 0.25) is 0 Å². The van der Waals surface area contributed by atoms with Gasteiger partial charge in [-0.3, -0.25) is 9.69 Å². The monoisotopic (exact) mass is 654 g/mol. The van der Waals surface area contributed by atoms with Crippen molar-refractivity contribution in [2.24, 2.45) is 5.73 Å². The molecule has 2 aliphatic rings. The quantitative estimate of drug-likeness (QED) is 0.286. The van der Waals surface area contributed by atoms with Gasteiger partial charge in [-0.05, 0) is 31.7 Å². The highest BCUT2D eigenvalue weighted by atomic mass is 32.1. The zero-order valence-electron chi connectivity index (χ0n) is 24.0. The van der Waals surface area contributed by atoms with Crippen LogP contribution in [0.1, 0.15) is 12.0 Å². The lowest BCUT2D eigenvalue weighted by Crippen LogP contribution is -2.61. The van der Waals surface area contributed by atoms with Crippen LogP contribution in [0.25, 0.3) is 32.2 Å². The molecule has 17 heteroatoms. The number of likely N-dealkylation sites (N-methyl/N-ethyl adjacent to an activating group) is 2. The van der Waals surface area contributed by atoms with Crippen LogP contribution in [0.15, 0.2) is 18.2 Å². The van der Waals surface area contributed by atoms with Crippen molar-refractivity contribution in [2.45, 2.75) is 30.9 Å². The molecule has 6 rings (SSSR count). The molecule has 2 saturated heterocycles. The van der Waals surface area contributed by atoms with E-state index in [4.69, 9.17) is 16.2 Å². The van der Waals surface area contributed by atoms with Gasteiger partial charge in [0.05, 0.1) is 28.4 Å². The van der Waals surface area contributed by atoms with Crippen molar-refractivity contribution in [1.29, 1.82) is 0 Å². The van der Waals surface area contributed by atoms with Crippen LogP contribution in [0.5, 0.6) is 6.01 Å². The van der Waals surface area contributed by atoms with Gasteiger partial charge in [-0.15, -0.1) is 0 Å². The minimum Gasteiger partial charge on any atom is -0.462 e. The number of halogens is 6. The van der Waals surface area contributed by atoms with Crippen molar-refractivity contribution in [3.63, 3.8) is 0 Å². The highest BCUT2D eigenvalue weighted by Gasteiger charge is 2.40. The molecule has 0 aliphatic carbocycles. The summed E-state index contributed by atoms with van der Waals surface area (Å²) in [5, 5.41) is -0.372. The molecule has 0 radical (unpaired) electrons. The van der Waals surface area contributed by atoms with Crippen LogP contribution in [0, 0.1) is 11.6 Å². The lowest BCUT2D eigenvalue weighted by molar-refractivity contribution is -0.137. The molecule has 0 bridgehead atoms. The second-order valence-electron chi connectivity index (χ2n) is 11.2. The number of ether oxygens (including phenoxy) is 1. The summed E-state index contributed by atoms with van der Waals surface area (Å²) in [5.74, 6) is -2.49. The molecule has 2 atom stereocenters.